The van der Waals surface area contributed by atoms with E-state index in [1.54, 1.807) is 0 Å². The molecule has 1 N–H and O–H groups in total. The molecular weight excluding hydrogens is 122 g/mol. The predicted octanol–water partition coefficient (Wildman–Crippen LogP) is 1.15. The zero-order chi connectivity index (χ0) is 7.03. The van der Waals surface area contributed by atoms with Crippen molar-refractivity contribution in [2.24, 2.45) is 5.92 Å². The minimum absolute atomic E-state index is 0.125. The minimum Gasteiger partial charge on any atom is -0.301 e. The summed E-state index contributed by atoms with van der Waals surface area (Å²) in [6, 6.07) is 0. The third-order valence-electron chi connectivity index (χ3n) is 2.72. The number of hydrogen-bond acceptors (Lipinski definition) is 1. The summed E-state index contributed by atoms with van der Waals surface area (Å²) in [5.74, 6) is 3.73. The van der Waals surface area contributed by atoms with Gasteiger partial charge >= 0.3 is 0 Å². The van der Waals surface area contributed by atoms with E-state index in [2.05, 4.69) is 11.2 Å². The van der Waals surface area contributed by atoms with Crippen LogP contribution in [-0.2, 0) is 0 Å². The van der Waals surface area contributed by atoms with Gasteiger partial charge in [-0.2, -0.15) is 0 Å². The van der Waals surface area contributed by atoms with E-state index in [0.29, 0.717) is 0 Å². The van der Waals surface area contributed by atoms with Crippen molar-refractivity contribution >= 4 is 0 Å². The smallest absolute Gasteiger partial charge is 0.0827 e. The fourth-order valence-corrected chi connectivity index (χ4v) is 1.93. The monoisotopic (exact) mass is 135 g/mol. The molecule has 0 aromatic carbocycles. The van der Waals surface area contributed by atoms with E-state index in [0.717, 1.165) is 12.5 Å². The molecule has 1 heteroatoms. The van der Waals surface area contributed by atoms with E-state index in [9.17, 15) is 0 Å². The first-order chi connectivity index (χ1) is 4.87. The molecule has 0 aromatic rings. The van der Waals surface area contributed by atoms with Crippen molar-refractivity contribution in [3.8, 4) is 12.3 Å². The quantitative estimate of drug-likeness (QED) is 0.532. The predicted molar refractivity (Wildman–Crippen MR) is 41.5 cm³/mol. The summed E-state index contributed by atoms with van der Waals surface area (Å²) in [4.78, 5) is 0. The van der Waals surface area contributed by atoms with Crippen LogP contribution in [0, 0.1) is 18.3 Å². The van der Waals surface area contributed by atoms with E-state index in [1.807, 2.05) is 0 Å². The fraction of sp³-hybridized carbons (Fsp3) is 0.778. The molecule has 1 nitrogen and oxygen atoms in total. The molecule has 0 spiro atoms. The average Bonchev–Trinajstić information content (AvgIpc) is 2.71. The largest absolute Gasteiger partial charge is 0.301 e. The summed E-state index contributed by atoms with van der Waals surface area (Å²) in [5, 5.41) is 3.45. The van der Waals surface area contributed by atoms with Crippen molar-refractivity contribution in [3.05, 3.63) is 0 Å². The van der Waals surface area contributed by atoms with Crippen LogP contribution in [0.25, 0.3) is 0 Å². The normalized spacial score (nSPS) is 39.5. The van der Waals surface area contributed by atoms with Crippen LogP contribution in [0.3, 0.4) is 0 Å². The summed E-state index contributed by atoms with van der Waals surface area (Å²) >= 11 is 0. The van der Waals surface area contributed by atoms with Gasteiger partial charge in [0.25, 0.3) is 0 Å². The van der Waals surface area contributed by atoms with E-state index < -0.39 is 0 Å². The molecule has 2 rings (SSSR count). The van der Waals surface area contributed by atoms with Crippen LogP contribution in [0.5, 0.6) is 0 Å². The first-order valence-corrected chi connectivity index (χ1v) is 4.10. The number of nitrogens with one attached hydrogen (secondary N) is 1. The zero-order valence-electron chi connectivity index (χ0n) is 6.19. The van der Waals surface area contributed by atoms with Gasteiger partial charge < -0.3 is 5.32 Å². The lowest BCUT2D eigenvalue weighted by Crippen LogP contribution is -2.40. The Kier molecular flexibility index (Phi) is 1.25. The van der Waals surface area contributed by atoms with Gasteiger partial charge in [0.1, 0.15) is 0 Å². The van der Waals surface area contributed by atoms with Crippen LogP contribution >= 0.6 is 0 Å². The summed E-state index contributed by atoms with van der Waals surface area (Å²) in [7, 11) is 0. The van der Waals surface area contributed by atoms with Crippen molar-refractivity contribution < 1.29 is 0 Å². The Labute approximate surface area is 62.2 Å². The Morgan fingerprint density at radius 1 is 1.50 bits per heavy atom. The van der Waals surface area contributed by atoms with Crippen molar-refractivity contribution in [1.29, 1.82) is 0 Å². The molecule has 54 valence electrons. The van der Waals surface area contributed by atoms with Gasteiger partial charge in [-0.05, 0) is 38.1 Å². The van der Waals surface area contributed by atoms with Gasteiger partial charge in [-0.1, -0.05) is 5.92 Å². The highest BCUT2D eigenvalue weighted by molar-refractivity contribution is 5.21. The summed E-state index contributed by atoms with van der Waals surface area (Å²) in [6.45, 7) is 1.13. The highest BCUT2D eigenvalue weighted by Crippen LogP contribution is 2.43. The second-order valence-corrected chi connectivity index (χ2v) is 3.42. The third kappa shape index (κ3) is 0.759. The second kappa shape index (κ2) is 2.00. The van der Waals surface area contributed by atoms with Gasteiger partial charge in [-0.3, -0.25) is 0 Å². The average molecular weight is 135 g/mol. The van der Waals surface area contributed by atoms with Crippen molar-refractivity contribution in [3.63, 3.8) is 0 Å². The van der Waals surface area contributed by atoms with Crippen molar-refractivity contribution in [2.75, 3.05) is 6.54 Å². The van der Waals surface area contributed by atoms with Gasteiger partial charge in [-0.25, -0.2) is 0 Å². The van der Waals surface area contributed by atoms with E-state index in [4.69, 9.17) is 6.42 Å². The number of terminal acetylenes is 1. The number of rotatable bonds is 1. The molecule has 1 aliphatic heterocycles. The Hall–Kier alpha value is -0.480. The summed E-state index contributed by atoms with van der Waals surface area (Å²) < 4.78 is 0. The van der Waals surface area contributed by atoms with E-state index in [1.165, 1.54) is 25.7 Å². The van der Waals surface area contributed by atoms with Gasteiger partial charge in [0.15, 0.2) is 0 Å². The number of hydrogen-bond donors (Lipinski definition) is 1. The Morgan fingerprint density at radius 2 is 2.30 bits per heavy atom. The van der Waals surface area contributed by atoms with Gasteiger partial charge in [0, 0.05) is 0 Å². The molecule has 1 saturated heterocycles. The van der Waals surface area contributed by atoms with E-state index in [-0.39, 0.29) is 5.54 Å². The molecule has 1 heterocycles. The second-order valence-electron chi connectivity index (χ2n) is 3.42. The van der Waals surface area contributed by atoms with E-state index >= 15 is 0 Å². The Morgan fingerprint density at radius 3 is 2.70 bits per heavy atom. The van der Waals surface area contributed by atoms with Gasteiger partial charge in [0.2, 0.25) is 0 Å². The highest BCUT2D eigenvalue weighted by atomic mass is 15.0. The SMILES string of the molecule is C#CC1(C2CC2)CCCN1. The lowest BCUT2D eigenvalue weighted by Gasteiger charge is -2.22. The molecule has 0 amide bonds. The van der Waals surface area contributed by atoms with Crippen LogP contribution < -0.4 is 5.32 Å². The molecule has 1 unspecified atom stereocenters. The maximum atomic E-state index is 5.50. The molecule has 0 bridgehead atoms. The maximum Gasteiger partial charge on any atom is 0.0827 e. The lowest BCUT2D eigenvalue weighted by molar-refractivity contribution is 0.430. The van der Waals surface area contributed by atoms with Gasteiger partial charge in [0.05, 0.1) is 5.54 Å². The molecule has 0 radical (unpaired) electrons. The van der Waals surface area contributed by atoms with Crippen molar-refractivity contribution in [2.45, 2.75) is 31.2 Å². The lowest BCUT2D eigenvalue weighted by atomic mass is 9.93. The third-order valence-corrected chi connectivity index (χ3v) is 2.72. The molecule has 10 heavy (non-hydrogen) atoms. The van der Waals surface area contributed by atoms with Gasteiger partial charge in [-0.15, -0.1) is 6.42 Å². The first kappa shape index (κ1) is 6.24. The first-order valence-electron chi connectivity index (χ1n) is 4.10. The molecule has 1 saturated carbocycles. The highest BCUT2D eigenvalue weighted by Gasteiger charge is 2.45. The zero-order valence-corrected chi connectivity index (χ0v) is 6.19. The van der Waals surface area contributed by atoms with Crippen LogP contribution in [-0.4, -0.2) is 12.1 Å². The molecule has 2 aliphatic rings. The summed E-state index contributed by atoms with van der Waals surface area (Å²) in [5.41, 5.74) is 0.125. The standard InChI is InChI=1S/C9H13N/c1-2-9(8-4-5-8)6-3-7-10-9/h1,8,10H,3-7H2. The maximum absolute atomic E-state index is 5.50. The molecule has 2 fully saturated rings. The fourth-order valence-electron chi connectivity index (χ4n) is 1.93. The van der Waals surface area contributed by atoms with Crippen LogP contribution in [0.4, 0.5) is 0 Å². The molecular formula is C9H13N. The van der Waals surface area contributed by atoms with Crippen LogP contribution in [0.1, 0.15) is 25.7 Å². The Bertz CT molecular complexity index is 168. The van der Waals surface area contributed by atoms with Crippen molar-refractivity contribution in [1.82, 2.24) is 5.32 Å². The van der Waals surface area contributed by atoms with Crippen LogP contribution in [0.15, 0.2) is 0 Å². The Balaban J connectivity index is 2.14. The molecule has 1 aliphatic carbocycles. The molecule has 1 atom stereocenters. The summed E-state index contributed by atoms with van der Waals surface area (Å²) in [6.07, 6.45) is 10.7. The molecule has 0 aromatic heterocycles. The minimum atomic E-state index is 0.125. The van der Waals surface area contributed by atoms with Crippen LogP contribution in [0.2, 0.25) is 0 Å². The topological polar surface area (TPSA) is 12.0 Å².